The first-order chi connectivity index (χ1) is 5.33. The molecule has 0 aromatic rings. The minimum atomic E-state index is 0.0671. The van der Waals surface area contributed by atoms with Gasteiger partial charge in [-0.2, -0.15) is 0 Å². The molecule has 0 radical (unpaired) electrons. The molecule has 0 spiro atoms. The van der Waals surface area contributed by atoms with E-state index < -0.39 is 0 Å². The van der Waals surface area contributed by atoms with Crippen LogP contribution in [-0.4, -0.2) is 0 Å². The Labute approximate surface area is 81.4 Å². The van der Waals surface area contributed by atoms with Crippen LogP contribution in [0, 0.1) is 5.92 Å². The molecule has 0 nitrogen and oxygen atoms in total. The van der Waals surface area contributed by atoms with Gasteiger partial charge in [0.2, 0.25) is 0 Å². The predicted molar refractivity (Wildman–Crippen MR) is 54.4 cm³/mol. The fourth-order valence-electron chi connectivity index (χ4n) is 1.71. The van der Waals surface area contributed by atoms with E-state index in [-0.39, 0.29) is 5.83 Å². The number of hydrogen-bond acceptors (Lipinski definition) is 0. The SMILES string of the molecule is FC(=CI)CC1CCCCC1. The molecule has 0 heterocycles. The quantitative estimate of drug-likeness (QED) is 0.658. The fraction of sp³-hybridized carbons (Fsp3) is 0.778. The molecule has 1 aliphatic carbocycles. The molecule has 0 aromatic carbocycles. The minimum absolute atomic E-state index is 0.0671. The van der Waals surface area contributed by atoms with Gasteiger partial charge in [0, 0.05) is 10.5 Å². The zero-order chi connectivity index (χ0) is 8.10. The molecule has 1 rings (SSSR count). The molecule has 11 heavy (non-hydrogen) atoms. The summed E-state index contributed by atoms with van der Waals surface area (Å²) in [7, 11) is 0. The maximum absolute atomic E-state index is 12.8. The third-order valence-electron chi connectivity index (χ3n) is 2.33. The summed E-state index contributed by atoms with van der Waals surface area (Å²) in [6, 6.07) is 0. The molecule has 0 aliphatic heterocycles. The molecule has 0 unspecified atom stereocenters. The van der Waals surface area contributed by atoms with Crippen LogP contribution in [0.15, 0.2) is 9.91 Å². The molecular weight excluding hydrogens is 254 g/mol. The smallest absolute Gasteiger partial charge is 0.106 e. The molecule has 1 saturated carbocycles. The molecule has 64 valence electrons. The second-order valence-corrected chi connectivity index (χ2v) is 3.89. The van der Waals surface area contributed by atoms with Crippen molar-refractivity contribution in [2.75, 3.05) is 0 Å². The molecule has 1 aliphatic rings. The van der Waals surface area contributed by atoms with Gasteiger partial charge < -0.3 is 0 Å². The average Bonchev–Trinajstić information content (AvgIpc) is 2.06. The standard InChI is InChI=1S/C9H14FI/c10-9(7-11)6-8-4-2-1-3-5-8/h7-8H,1-6H2. The molecule has 1 fully saturated rings. The lowest BCUT2D eigenvalue weighted by molar-refractivity contribution is 0.337. The molecule has 2 heteroatoms. The van der Waals surface area contributed by atoms with Crippen molar-refractivity contribution in [2.45, 2.75) is 38.5 Å². The third-order valence-corrected chi connectivity index (χ3v) is 3.00. The molecule has 0 bridgehead atoms. The summed E-state index contributed by atoms with van der Waals surface area (Å²) in [4.78, 5) is 0. The topological polar surface area (TPSA) is 0 Å². The monoisotopic (exact) mass is 268 g/mol. The van der Waals surface area contributed by atoms with Gasteiger partial charge in [-0.25, -0.2) is 4.39 Å². The molecule has 0 saturated heterocycles. The van der Waals surface area contributed by atoms with Gasteiger partial charge in [0.25, 0.3) is 0 Å². The Kier molecular flexibility index (Phi) is 4.41. The highest BCUT2D eigenvalue weighted by molar-refractivity contribution is 14.1. The lowest BCUT2D eigenvalue weighted by atomic mass is 9.87. The Morgan fingerprint density at radius 2 is 2.00 bits per heavy atom. The molecule has 0 amide bonds. The number of hydrogen-bond donors (Lipinski definition) is 0. The second-order valence-electron chi connectivity index (χ2n) is 3.26. The van der Waals surface area contributed by atoms with Gasteiger partial charge in [0.15, 0.2) is 0 Å². The zero-order valence-electron chi connectivity index (χ0n) is 6.65. The van der Waals surface area contributed by atoms with Gasteiger partial charge in [0.05, 0.1) is 0 Å². The highest BCUT2D eigenvalue weighted by Gasteiger charge is 2.14. The first-order valence-electron chi connectivity index (χ1n) is 4.27. The molecule has 0 N–H and O–H groups in total. The highest BCUT2D eigenvalue weighted by Crippen LogP contribution is 2.29. The zero-order valence-corrected chi connectivity index (χ0v) is 8.81. The van der Waals surface area contributed by atoms with E-state index in [0.29, 0.717) is 12.3 Å². The van der Waals surface area contributed by atoms with Crippen molar-refractivity contribution in [3.8, 4) is 0 Å². The van der Waals surface area contributed by atoms with E-state index in [1.807, 2.05) is 22.6 Å². The summed E-state index contributed by atoms with van der Waals surface area (Å²) in [6.45, 7) is 0. The van der Waals surface area contributed by atoms with E-state index >= 15 is 0 Å². The lowest BCUT2D eigenvalue weighted by Crippen LogP contribution is -2.05. The Morgan fingerprint density at radius 3 is 2.55 bits per heavy atom. The third kappa shape index (κ3) is 3.54. The fourth-order valence-corrected chi connectivity index (χ4v) is 1.97. The van der Waals surface area contributed by atoms with E-state index in [0.717, 1.165) is 0 Å². The summed E-state index contributed by atoms with van der Waals surface area (Å²) in [5, 5.41) is 0. The van der Waals surface area contributed by atoms with Crippen LogP contribution in [0.2, 0.25) is 0 Å². The Balaban J connectivity index is 2.24. The normalized spacial score (nSPS) is 22.2. The van der Waals surface area contributed by atoms with Gasteiger partial charge in [0.1, 0.15) is 5.83 Å². The van der Waals surface area contributed by atoms with E-state index in [4.69, 9.17) is 0 Å². The summed E-state index contributed by atoms with van der Waals surface area (Å²) in [5.74, 6) is 0.701. The van der Waals surface area contributed by atoms with Gasteiger partial charge in [-0.3, -0.25) is 0 Å². The molecule has 0 atom stereocenters. The lowest BCUT2D eigenvalue weighted by Gasteiger charge is -2.20. The van der Waals surface area contributed by atoms with E-state index in [1.54, 1.807) is 4.08 Å². The van der Waals surface area contributed by atoms with Crippen molar-refractivity contribution in [3.63, 3.8) is 0 Å². The molecule has 0 aromatic heterocycles. The summed E-state index contributed by atoms with van der Waals surface area (Å²) >= 11 is 1.97. The maximum Gasteiger partial charge on any atom is 0.106 e. The van der Waals surface area contributed by atoms with Crippen molar-refractivity contribution >= 4 is 22.6 Å². The summed E-state index contributed by atoms with van der Waals surface area (Å²) in [5.41, 5.74) is 0. The van der Waals surface area contributed by atoms with Crippen LogP contribution in [0.1, 0.15) is 38.5 Å². The van der Waals surface area contributed by atoms with Crippen LogP contribution in [0.4, 0.5) is 4.39 Å². The van der Waals surface area contributed by atoms with Gasteiger partial charge in [-0.15, -0.1) is 0 Å². The van der Waals surface area contributed by atoms with Crippen LogP contribution in [-0.2, 0) is 0 Å². The van der Waals surface area contributed by atoms with Crippen molar-refractivity contribution in [1.82, 2.24) is 0 Å². The average molecular weight is 268 g/mol. The van der Waals surface area contributed by atoms with Crippen LogP contribution in [0.5, 0.6) is 0 Å². The highest BCUT2D eigenvalue weighted by atomic mass is 127. The summed E-state index contributed by atoms with van der Waals surface area (Å²) < 4.78 is 14.3. The van der Waals surface area contributed by atoms with Crippen LogP contribution in [0.3, 0.4) is 0 Å². The number of rotatable bonds is 2. The molecular formula is C9H14FI. The van der Waals surface area contributed by atoms with Crippen molar-refractivity contribution in [1.29, 1.82) is 0 Å². The van der Waals surface area contributed by atoms with E-state index in [9.17, 15) is 4.39 Å². The summed E-state index contributed by atoms with van der Waals surface area (Å²) in [6.07, 6.45) is 7.11. The van der Waals surface area contributed by atoms with Gasteiger partial charge in [-0.05, 0) is 5.92 Å². The van der Waals surface area contributed by atoms with Crippen LogP contribution < -0.4 is 0 Å². The van der Waals surface area contributed by atoms with Crippen molar-refractivity contribution < 1.29 is 4.39 Å². The Morgan fingerprint density at radius 1 is 1.36 bits per heavy atom. The van der Waals surface area contributed by atoms with Gasteiger partial charge in [-0.1, -0.05) is 54.7 Å². The van der Waals surface area contributed by atoms with E-state index in [2.05, 4.69) is 0 Å². The van der Waals surface area contributed by atoms with Crippen LogP contribution in [0.25, 0.3) is 0 Å². The van der Waals surface area contributed by atoms with E-state index in [1.165, 1.54) is 32.1 Å². The second kappa shape index (κ2) is 5.12. The van der Waals surface area contributed by atoms with Crippen LogP contribution >= 0.6 is 22.6 Å². The number of halogens is 2. The first-order valence-corrected chi connectivity index (χ1v) is 5.52. The predicted octanol–water partition coefficient (Wildman–Crippen LogP) is 4.20. The van der Waals surface area contributed by atoms with Gasteiger partial charge >= 0.3 is 0 Å². The number of allylic oxidation sites excluding steroid dienone is 1. The Hall–Kier alpha value is 0.400. The maximum atomic E-state index is 12.8. The minimum Gasteiger partial charge on any atom is -0.211 e. The van der Waals surface area contributed by atoms with Crippen molar-refractivity contribution in [3.05, 3.63) is 9.91 Å². The van der Waals surface area contributed by atoms with Crippen molar-refractivity contribution in [2.24, 2.45) is 5.92 Å². The largest absolute Gasteiger partial charge is 0.211 e. The first kappa shape index (κ1) is 9.49. The Bertz CT molecular complexity index is 136.